The van der Waals surface area contributed by atoms with E-state index in [1.54, 1.807) is 6.21 Å². The molecule has 0 radical (unpaired) electrons. The number of hydrazone groups is 1. The summed E-state index contributed by atoms with van der Waals surface area (Å²) < 4.78 is 0. The molecule has 0 saturated heterocycles. The molecule has 0 aliphatic rings. The Morgan fingerprint density at radius 2 is 1.74 bits per heavy atom. The highest BCUT2D eigenvalue weighted by atomic mass is 32.1. The fourth-order valence-electron chi connectivity index (χ4n) is 2.79. The summed E-state index contributed by atoms with van der Waals surface area (Å²) in [6, 6.07) is 16.7. The first-order valence-corrected chi connectivity index (χ1v) is 9.99. The van der Waals surface area contributed by atoms with Gasteiger partial charge in [0.05, 0.1) is 6.21 Å². The summed E-state index contributed by atoms with van der Waals surface area (Å²) in [4.78, 5) is 2.36. The number of anilines is 2. The Morgan fingerprint density at radius 3 is 2.30 bits per heavy atom. The highest BCUT2D eigenvalue weighted by Gasteiger charge is 2.02. The van der Waals surface area contributed by atoms with E-state index in [2.05, 4.69) is 84.8 Å². The van der Waals surface area contributed by atoms with E-state index in [1.165, 1.54) is 11.3 Å². The van der Waals surface area contributed by atoms with Gasteiger partial charge in [0.25, 0.3) is 0 Å². The molecule has 0 aromatic heterocycles. The van der Waals surface area contributed by atoms with Crippen molar-refractivity contribution in [2.45, 2.75) is 40.0 Å². The lowest BCUT2D eigenvalue weighted by Gasteiger charge is -2.22. The zero-order chi connectivity index (χ0) is 19.6. The maximum absolute atomic E-state index is 5.29. The van der Waals surface area contributed by atoms with Crippen molar-refractivity contribution in [1.29, 1.82) is 0 Å². The van der Waals surface area contributed by atoms with Crippen LogP contribution >= 0.6 is 12.2 Å². The van der Waals surface area contributed by atoms with Gasteiger partial charge in [-0.1, -0.05) is 45.0 Å². The molecule has 0 bridgehead atoms. The van der Waals surface area contributed by atoms with Gasteiger partial charge in [0.15, 0.2) is 5.11 Å². The Morgan fingerprint density at radius 1 is 1.07 bits per heavy atom. The Bertz CT molecular complexity index is 736. The highest BCUT2D eigenvalue weighted by molar-refractivity contribution is 7.80. The van der Waals surface area contributed by atoms with Crippen LogP contribution < -0.4 is 15.6 Å². The molecule has 0 spiro atoms. The normalized spacial score (nSPS) is 11.0. The number of thiocarbonyl (C=S) groups is 1. The standard InChI is InChI=1S/C22H30N4S/c1-5-15-26(6-2)21-13-7-18(8-14-21)16-23-25-22(27)24-20-11-9-19(10-12-20)17(3)4/h7-14,16-17H,5-6,15H2,1-4H3,(H2,24,25,27). The third-order valence-electron chi connectivity index (χ3n) is 4.35. The summed E-state index contributed by atoms with van der Waals surface area (Å²) >= 11 is 5.29. The number of hydrogen-bond acceptors (Lipinski definition) is 3. The average molecular weight is 383 g/mol. The lowest BCUT2D eigenvalue weighted by atomic mass is 10.0. The quantitative estimate of drug-likeness (QED) is 0.366. The van der Waals surface area contributed by atoms with Gasteiger partial charge >= 0.3 is 0 Å². The number of benzene rings is 2. The average Bonchev–Trinajstić information content (AvgIpc) is 2.67. The second-order valence-corrected chi connectivity index (χ2v) is 7.18. The minimum atomic E-state index is 0.472. The zero-order valence-electron chi connectivity index (χ0n) is 16.7. The van der Waals surface area contributed by atoms with Gasteiger partial charge in [-0.3, -0.25) is 5.43 Å². The maximum atomic E-state index is 5.29. The number of nitrogens with zero attached hydrogens (tertiary/aromatic N) is 2. The van der Waals surface area contributed by atoms with Crippen LogP contribution in [-0.4, -0.2) is 24.4 Å². The molecule has 0 amide bonds. The van der Waals surface area contributed by atoms with Crippen molar-refractivity contribution in [3.63, 3.8) is 0 Å². The van der Waals surface area contributed by atoms with Gasteiger partial charge in [0.1, 0.15) is 0 Å². The van der Waals surface area contributed by atoms with Crippen molar-refractivity contribution in [3.05, 3.63) is 59.7 Å². The van der Waals surface area contributed by atoms with E-state index in [-0.39, 0.29) is 0 Å². The minimum absolute atomic E-state index is 0.472. The number of rotatable bonds is 8. The first-order valence-electron chi connectivity index (χ1n) is 9.58. The Hall–Kier alpha value is -2.40. The summed E-state index contributed by atoms with van der Waals surface area (Å²) in [6.07, 6.45) is 2.92. The van der Waals surface area contributed by atoms with E-state index in [9.17, 15) is 0 Å². The van der Waals surface area contributed by atoms with Gasteiger partial charge in [0, 0.05) is 24.5 Å². The van der Waals surface area contributed by atoms with Crippen LogP contribution in [-0.2, 0) is 0 Å². The molecule has 0 heterocycles. The molecule has 2 aromatic rings. The summed E-state index contributed by atoms with van der Waals surface area (Å²) in [6.45, 7) is 10.8. The van der Waals surface area contributed by atoms with Crippen molar-refractivity contribution in [2.75, 3.05) is 23.3 Å². The van der Waals surface area contributed by atoms with Crippen molar-refractivity contribution in [1.82, 2.24) is 5.43 Å². The van der Waals surface area contributed by atoms with E-state index in [4.69, 9.17) is 12.2 Å². The predicted octanol–water partition coefficient (Wildman–Crippen LogP) is 5.37. The molecule has 0 aliphatic carbocycles. The lowest BCUT2D eigenvalue weighted by Crippen LogP contribution is -2.24. The van der Waals surface area contributed by atoms with Crippen LogP contribution in [0.3, 0.4) is 0 Å². The molecule has 0 saturated carbocycles. The van der Waals surface area contributed by atoms with E-state index in [0.717, 1.165) is 30.8 Å². The first kappa shape index (κ1) is 20.9. The molecule has 0 aliphatic heterocycles. The summed E-state index contributed by atoms with van der Waals surface area (Å²) in [5, 5.41) is 7.83. The van der Waals surface area contributed by atoms with E-state index >= 15 is 0 Å². The molecule has 2 N–H and O–H groups in total. The van der Waals surface area contributed by atoms with Crippen LogP contribution in [0.25, 0.3) is 0 Å². The molecule has 0 fully saturated rings. The molecular weight excluding hydrogens is 352 g/mol. The zero-order valence-corrected chi connectivity index (χ0v) is 17.5. The number of nitrogens with one attached hydrogen (secondary N) is 2. The predicted molar refractivity (Wildman–Crippen MR) is 122 cm³/mol. The molecule has 5 heteroatoms. The van der Waals surface area contributed by atoms with Gasteiger partial charge in [-0.05, 0) is 66.9 Å². The molecule has 0 unspecified atom stereocenters. The van der Waals surface area contributed by atoms with Crippen molar-refractivity contribution < 1.29 is 0 Å². The highest BCUT2D eigenvalue weighted by Crippen LogP contribution is 2.17. The maximum Gasteiger partial charge on any atom is 0.191 e. The van der Waals surface area contributed by atoms with Crippen LogP contribution in [0.2, 0.25) is 0 Å². The molecular formula is C22H30N4S. The number of hydrogen-bond donors (Lipinski definition) is 2. The van der Waals surface area contributed by atoms with Gasteiger partial charge in [-0.15, -0.1) is 0 Å². The molecule has 4 nitrogen and oxygen atoms in total. The van der Waals surface area contributed by atoms with Gasteiger partial charge in [-0.25, -0.2) is 0 Å². The van der Waals surface area contributed by atoms with E-state index in [0.29, 0.717) is 11.0 Å². The first-order chi connectivity index (χ1) is 13.0. The summed E-state index contributed by atoms with van der Waals surface area (Å²) in [5.74, 6) is 0.520. The Labute approximate surface area is 168 Å². The van der Waals surface area contributed by atoms with Gasteiger partial charge in [0.2, 0.25) is 0 Å². The van der Waals surface area contributed by atoms with Crippen LogP contribution in [0.1, 0.15) is 51.2 Å². The van der Waals surface area contributed by atoms with Crippen LogP contribution in [0.4, 0.5) is 11.4 Å². The van der Waals surface area contributed by atoms with Crippen LogP contribution in [0.15, 0.2) is 53.6 Å². The second-order valence-electron chi connectivity index (χ2n) is 6.77. The van der Waals surface area contributed by atoms with Crippen LogP contribution in [0, 0.1) is 0 Å². The third-order valence-corrected chi connectivity index (χ3v) is 4.54. The monoisotopic (exact) mass is 382 g/mol. The Kier molecular flexibility index (Phi) is 8.27. The SMILES string of the molecule is CCCN(CC)c1ccc(C=NNC(=S)Nc2ccc(C(C)C)cc2)cc1. The molecule has 27 heavy (non-hydrogen) atoms. The fraction of sp³-hybridized carbons (Fsp3) is 0.364. The van der Waals surface area contributed by atoms with Gasteiger partial charge in [-0.2, -0.15) is 5.10 Å². The summed E-state index contributed by atoms with van der Waals surface area (Å²) in [5.41, 5.74) is 7.40. The molecule has 2 aromatic carbocycles. The topological polar surface area (TPSA) is 39.7 Å². The minimum Gasteiger partial charge on any atom is -0.372 e. The molecule has 0 atom stereocenters. The largest absolute Gasteiger partial charge is 0.372 e. The third kappa shape index (κ3) is 6.68. The molecule has 144 valence electrons. The van der Waals surface area contributed by atoms with Crippen molar-refractivity contribution >= 4 is 34.9 Å². The van der Waals surface area contributed by atoms with Crippen LogP contribution in [0.5, 0.6) is 0 Å². The van der Waals surface area contributed by atoms with Crippen molar-refractivity contribution in [2.24, 2.45) is 5.10 Å². The molecule has 2 rings (SSSR count). The fourth-order valence-corrected chi connectivity index (χ4v) is 2.96. The van der Waals surface area contributed by atoms with Gasteiger partial charge < -0.3 is 10.2 Å². The second kappa shape index (κ2) is 10.7. The Balaban J connectivity index is 1.86. The smallest absolute Gasteiger partial charge is 0.191 e. The van der Waals surface area contributed by atoms with E-state index in [1.807, 2.05) is 12.1 Å². The lowest BCUT2D eigenvalue weighted by molar-refractivity contribution is 0.792. The van der Waals surface area contributed by atoms with E-state index < -0.39 is 0 Å². The van der Waals surface area contributed by atoms with Crippen molar-refractivity contribution in [3.8, 4) is 0 Å². The summed E-state index contributed by atoms with van der Waals surface area (Å²) in [7, 11) is 0.